The van der Waals surface area contributed by atoms with E-state index in [1.165, 1.54) is 0 Å². The van der Waals surface area contributed by atoms with Crippen LogP contribution < -0.4 is 0 Å². The Bertz CT molecular complexity index is 99.6. The van der Waals surface area contributed by atoms with Crippen LogP contribution in [-0.2, 0) is 4.74 Å². The van der Waals surface area contributed by atoms with Gasteiger partial charge in [0.1, 0.15) is 0 Å². The van der Waals surface area contributed by atoms with Crippen LogP contribution in [0.3, 0.4) is 0 Å². The van der Waals surface area contributed by atoms with Crippen LogP contribution in [0.1, 0.15) is 0 Å². The van der Waals surface area contributed by atoms with Crippen LogP contribution in [0.2, 0.25) is 0 Å². The van der Waals surface area contributed by atoms with Gasteiger partial charge in [0.05, 0.1) is 0 Å². The maximum absolute atomic E-state index is 11.1. The minimum Gasteiger partial charge on any atom is -0.354 e. The maximum Gasteiger partial charge on any atom is 0.449 e. The molecule has 0 rings (SSSR count). The fourth-order valence-corrected chi connectivity index (χ4v) is 0.151. The van der Waals surface area contributed by atoms with Crippen molar-refractivity contribution in [1.29, 1.82) is 0 Å². The zero-order valence-corrected chi connectivity index (χ0v) is 4.32. The molecule has 7 heteroatoms. The number of hydrogen-bond acceptors (Lipinski definition) is 2. The zero-order valence-electron chi connectivity index (χ0n) is 4.32. The Kier molecular flexibility index (Phi) is 2.97. The van der Waals surface area contributed by atoms with Crippen LogP contribution in [0.25, 0.3) is 0 Å². The van der Waals surface area contributed by atoms with E-state index in [2.05, 4.69) is 4.74 Å². The first-order valence-electron chi connectivity index (χ1n) is 1.92. The second-order valence-corrected chi connectivity index (χ2v) is 1.18. The van der Waals surface area contributed by atoms with Crippen LogP contribution in [0.4, 0.5) is 22.0 Å². The second-order valence-electron chi connectivity index (χ2n) is 1.18. The van der Waals surface area contributed by atoms with Gasteiger partial charge in [0, 0.05) is 0 Å². The standard InChI is InChI=1S/C3H2F5O2/c4-2(5)10-1(9)3(6,7)8/h2,9H. The average Bonchev–Trinajstić information content (AvgIpc) is 1.60. The van der Waals surface area contributed by atoms with E-state index in [9.17, 15) is 22.0 Å². The Morgan fingerprint density at radius 2 is 1.70 bits per heavy atom. The van der Waals surface area contributed by atoms with Gasteiger partial charge in [0.15, 0.2) is 0 Å². The van der Waals surface area contributed by atoms with Gasteiger partial charge in [0.25, 0.3) is 0 Å². The Labute approximate surface area is 52.2 Å². The first-order valence-corrected chi connectivity index (χ1v) is 1.92. The van der Waals surface area contributed by atoms with Crippen molar-refractivity contribution >= 4 is 0 Å². The van der Waals surface area contributed by atoms with Gasteiger partial charge >= 0.3 is 19.1 Å². The summed E-state index contributed by atoms with van der Waals surface area (Å²) in [5.41, 5.74) is 0. The largest absolute Gasteiger partial charge is 0.449 e. The fourth-order valence-electron chi connectivity index (χ4n) is 0.151. The molecule has 0 spiro atoms. The fraction of sp³-hybridized carbons (Fsp3) is 0.667. The molecule has 0 saturated heterocycles. The normalized spacial score (nSPS) is 13.2. The lowest BCUT2D eigenvalue weighted by Gasteiger charge is -2.11. The zero-order chi connectivity index (χ0) is 8.36. The predicted molar refractivity (Wildman–Crippen MR) is 18.3 cm³/mol. The molecule has 1 N–H and O–H groups in total. The Balaban J connectivity index is 3.73. The van der Waals surface area contributed by atoms with Crippen molar-refractivity contribution in [2.75, 3.05) is 0 Å². The summed E-state index contributed by atoms with van der Waals surface area (Å²) < 4.78 is 57.6. The van der Waals surface area contributed by atoms with E-state index < -0.39 is 19.1 Å². The molecule has 0 unspecified atom stereocenters. The van der Waals surface area contributed by atoms with E-state index >= 15 is 0 Å². The van der Waals surface area contributed by atoms with Gasteiger partial charge < -0.3 is 5.11 Å². The lowest BCUT2D eigenvalue weighted by atomic mass is 10.6. The molecule has 61 valence electrons. The van der Waals surface area contributed by atoms with E-state index in [0.717, 1.165) is 0 Å². The Morgan fingerprint density at radius 1 is 1.30 bits per heavy atom. The summed E-state index contributed by atoms with van der Waals surface area (Å²) in [5.74, 6) is 0. The molecule has 0 aromatic rings. The summed E-state index contributed by atoms with van der Waals surface area (Å²) in [4.78, 5) is 0. The van der Waals surface area contributed by atoms with Gasteiger partial charge in [-0.15, -0.1) is 0 Å². The van der Waals surface area contributed by atoms with E-state index in [1.54, 1.807) is 0 Å². The molecule has 2 nitrogen and oxygen atoms in total. The SMILES string of the molecule is O[C](OC(F)F)C(F)(F)F. The highest BCUT2D eigenvalue weighted by Crippen LogP contribution is 2.27. The first kappa shape index (κ1) is 9.57. The Morgan fingerprint density at radius 3 is 1.80 bits per heavy atom. The van der Waals surface area contributed by atoms with Crippen LogP contribution >= 0.6 is 0 Å². The third kappa shape index (κ3) is 3.57. The summed E-state index contributed by atoms with van der Waals surface area (Å²) in [6, 6.07) is 0. The summed E-state index contributed by atoms with van der Waals surface area (Å²) in [5, 5.41) is 7.65. The van der Waals surface area contributed by atoms with Gasteiger partial charge in [-0.05, 0) is 0 Å². The predicted octanol–water partition coefficient (Wildman–Crippen LogP) is 1.65. The number of alkyl halides is 5. The van der Waals surface area contributed by atoms with Crippen molar-refractivity contribution in [2.45, 2.75) is 12.8 Å². The molecule has 10 heavy (non-hydrogen) atoms. The minimum absolute atomic E-state index is 2.63. The molecule has 1 radical (unpaired) electrons. The molecule has 0 heterocycles. The molecule has 0 bridgehead atoms. The molecule has 0 aromatic heterocycles. The summed E-state index contributed by atoms with van der Waals surface area (Å²) in [6.07, 6.45) is -7.88. The molecular weight excluding hydrogens is 163 g/mol. The summed E-state index contributed by atoms with van der Waals surface area (Å²) in [6.45, 7) is -3.67. The third-order valence-corrected chi connectivity index (χ3v) is 0.443. The van der Waals surface area contributed by atoms with Gasteiger partial charge in [0.2, 0.25) is 0 Å². The monoisotopic (exact) mass is 165 g/mol. The van der Waals surface area contributed by atoms with E-state index in [1.807, 2.05) is 0 Å². The van der Waals surface area contributed by atoms with Gasteiger partial charge in [-0.3, -0.25) is 4.74 Å². The minimum atomic E-state index is -5.24. The molecule has 0 saturated carbocycles. The van der Waals surface area contributed by atoms with Gasteiger partial charge in [-0.2, -0.15) is 22.0 Å². The first-order chi connectivity index (χ1) is 4.34. The summed E-state index contributed by atoms with van der Waals surface area (Å²) >= 11 is 0. The number of rotatable bonds is 2. The highest BCUT2D eigenvalue weighted by Gasteiger charge is 2.43. The number of hydrogen-bond donors (Lipinski definition) is 1. The van der Waals surface area contributed by atoms with Crippen LogP contribution in [0, 0.1) is 6.29 Å². The van der Waals surface area contributed by atoms with Crippen molar-refractivity contribution in [3.05, 3.63) is 6.29 Å². The maximum atomic E-state index is 11.1. The second kappa shape index (κ2) is 3.11. The molecule has 0 atom stereocenters. The smallest absolute Gasteiger partial charge is 0.354 e. The van der Waals surface area contributed by atoms with Crippen molar-refractivity contribution in [3.63, 3.8) is 0 Å². The highest BCUT2D eigenvalue weighted by atomic mass is 19.4. The van der Waals surface area contributed by atoms with Crippen LogP contribution in [0.15, 0.2) is 0 Å². The molecule has 0 aromatic carbocycles. The average molecular weight is 165 g/mol. The van der Waals surface area contributed by atoms with Crippen molar-refractivity contribution < 1.29 is 31.8 Å². The molecular formula is C3H2F5O2. The number of aliphatic hydroxyl groups excluding tert-OH is 1. The van der Waals surface area contributed by atoms with Crippen LogP contribution in [0.5, 0.6) is 0 Å². The van der Waals surface area contributed by atoms with Gasteiger partial charge in [-0.25, -0.2) is 0 Å². The molecule has 0 aliphatic rings. The molecule has 0 aliphatic heterocycles. The lowest BCUT2D eigenvalue weighted by molar-refractivity contribution is -0.272. The molecule has 0 amide bonds. The Hall–Kier alpha value is -0.430. The highest BCUT2D eigenvalue weighted by molar-refractivity contribution is 4.72. The van der Waals surface area contributed by atoms with Gasteiger partial charge in [-0.1, -0.05) is 0 Å². The topological polar surface area (TPSA) is 29.5 Å². The van der Waals surface area contributed by atoms with E-state index in [-0.39, 0.29) is 0 Å². The van der Waals surface area contributed by atoms with Crippen molar-refractivity contribution in [1.82, 2.24) is 0 Å². The van der Waals surface area contributed by atoms with E-state index in [0.29, 0.717) is 0 Å². The number of aliphatic hydroxyl groups is 1. The summed E-state index contributed by atoms with van der Waals surface area (Å²) in [7, 11) is 0. The number of halogens is 5. The lowest BCUT2D eigenvalue weighted by Crippen LogP contribution is -2.24. The number of ether oxygens (including phenoxy) is 1. The van der Waals surface area contributed by atoms with Crippen LogP contribution in [-0.4, -0.2) is 17.9 Å². The van der Waals surface area contributed by atoms with E-state index in [4.69, 9.17) is 5.11 Å². The third-order valence-electron chi connectivity index (χ3n) is 0.443. The molecule has 0 fully saturated rings. The van der Waals surface area contributed by atoms with Crippen molar-refractivity contribution in [3.8, 4) is 0 Å². The van der Waals surface area contributed by atoms with Crippen molar-refractivity contribution in [2.24, 2.45) is 0 Å². The quantitative estimate of drug-likeness (QED) is 0.630. The molecule has 0 aliphatic carbocycles.